The molecule has 3 rings (SSSR count). The third kappa shape index (κ3) is 2.03. The van der Waals surface area contributed by atoms with E-state index in [9.17, 15) is 0 Å². The third-order valence-electron chi connectivity index (χ3n) is 4.38. The SMILES string of the molecule is [CH2-]c1cccc2c1C(n1ccn(C)[cH+]1)=C(C)[Si]2(C)C.[Ir]. The van der Waals surface area contributed by atoms with Gasteiger partial charge in [-0.2, -0.15) is 23.1 Å². The topological polar surface area (TPSA) is 9.86 Å². The summed E-state index contributed by atoms with van der Waals surface area (Å²) in [5.74, 6) is 0. The van der Waals surface area contributed by atoms with Crippen LogP contribution >= 0.6 is 0 Å². The number of fused-ring (bicyclic) bond motifs is 1. The first-order valence-electron chi connectivity index (χ1n) is 6.63. The number of benzene rings is 1. The van der Waals surface area contributed by atoms with Crippen LogP contribution in [-0.2, 0) is 27.2 Å². The van der Waals surface area contributed by atoms with E-state index in [1.54, 1.807) is 0 Å². The molecule has 0 unspecified atom stereocenters. The fraction of sp³-hybridized carbons (Fsp3) is 0.250. The molecule has 2 heterocycles. The molecule has 1 aliphatic rings. The van der Waals surface area contributed by atoms with Gasteiger partial charge in [-0.1, -0.05) is 29.9 Å². The number of aromatic nitrogens is 2. The molecule has 0 fully saturated rings. The van der Waals surface area contributed by atoms with Gasteiger partial charge in [-0.25, -0.2) is 0 Å². The van der Waals surface area contributed by atoms with Crippen molar-refractivity contribution < 1.29 is 20.1 Å². The summed E-state index contributed by atoms with van der Waals surface area (Å²) in [4.78, 5) is 0. The van der Waals surface area contributed by atoms with Gasteiger partial charge in [0.15, 0.2) is 6.33 Å². The minimum absolute atomic E-state index is 0. The molecule has 0 bridgehead atoms. The summed E-state index contributed by atoms with van der Waals surface area (Å²) in [5, 5.41) is 3.05. The van der Waals surface area contributed by atoms with E-state index in [4.69, 9.17) is 0 Å². The molecule has 0 aliphatic carbocycles. The van der Waals surface area contributed by atoms with E-state index in [1.807, 2.05) is 0 Å². The fourth-order valence-electron chi connectivity index (χ4n) is 2.99. The Balaban J connectivity index is 0.00000147. The molecule has 2 aromatic rings. The van der Waals surface area contributed by atoms with E-state index < -0.39 is 8.07 Å². The van der Waals surface area contributed by atoms with Crippen molar-refractivity contribution in [1.29, 1.82) is 0 Å². The van der Waals surface area contributed by atoms with Crippen LogP contribution in [0.5, 0.6) is 0 Å². The molecule has 2 nitrogen and oxygen atoms in total. The number of allylic oxidation sites excluding steroid dienone is 1. The van der Waals surface area contributed by atoms with Crippen molar-refractivity contribution in [3.8, 4) is 0 Å². The van der Waals surface area contributed by atoms with Crippen LogP contribution in [0.3, 0.4) is 0 Å². The Morgan fingerprint density at radius 1 is 1.20 bits per heavy atom. The minimum Gasteiger partial charge on any atom is -0.255 e. The van der Waals surface area contributed by atoms with E-state index in [1.165, 1.54) is 21.6 Å². The predicted molar refractivity (Wildman–Crippen MR) is 83.8 cm³/mol. The number of nitrogens with zero attached hydrogens (tertiary/aromatic N) is 2. The van der Waals surface area contributed by atoms with Crippen LogP contribution in [0.15, 0.2) is 42.1 Å². The van der Waals surface area contributed by atoms with Gasteiger partial charge in [0.25, 0.3) is 0 Å². The zero-order valence-electron chi connectivity index (χ0n) is 12.4. The molecule has 0 N–H and O–H groups in total. The number of hydrogen-bond donors (Lipinski definition) is 0. The van der Waals surface area contributed by atoms with Gasteiger partial charge in [0.1, 0.15) is 20.5 Å². The molecule has 1 aromatic heterocycles. The average Bonchev–Trinajstić information content (AvgIpc) is 2.84. The van der Waals surface area contributed by atoms with Crippen molar-refractivity contribution in [2.75, 3.05) is 0 Å². The molecule has 1 radical (unpaired) electrons. The van der Waals surface area contributed by atoms with Gasteiger partial charge >= 0.3 is 0 Å². The quantitative estimate of drug-likeness (QED) is 0.457. The number of hydrogen-bond acceptors (Lipinski definition) is 0. The fourth-order valence-corrected chi connectivity index (χ4v) is 5.66. The van der Waals surface area contributed by atoms with Gasteiger partial charge in [-0.3, -0.25) is 4.57 Å². The van der Waals surface area contributed by atoms with E-state index in [0.29, 0.717) is 0 Å². The van der Waals surface area contributed by atoms with Crippen molar-refractivity contribution in [1.82, 2.24) is 9.13 Å². The van der Waals surface area contributed by atoms with Crippen LogP contribution in [0.2, 0.25) is 13.1 Å². The zero-order valence-corrected chi connectivity index (χ0v) is 15.8. The Morgan fingerprint density at radius 3 is 2.50 bits per heavy atom. The summed E-state index contributed by atoms with van der Waals surface area (Å²) < 4.78 is 4.32. The Kier molecular flexibility index (Phi) is 3.85. The number of aryl methyl sites for hydroxylation is 1. The molecule has 0 amide bonds. The maximum atomic E-state index is 4.24. The molecule has 0 spiro atoms. The molecule has 0 saturated heterocycles. The molecule has 20 heavy (non-hydrogen) atoms. The maximum absolute atomic E-state index is 4.24. The van der Waals surface area contributed by atoms with Crippen molar-refractivity contribution in [3.05, 3.63) is 60.2 Å². The second-order valence-corrected chi connectivity index (χ2v) is 10.5. The Hall–Kier alpha value is -1.09. The number of imidazole rings is 1. The van der Waals surface area contributed by atoms with E-state index in [-0.39, 0.29) is 20.1 Å². The molecule has 4 heteroatoms. The van der Waals surface area contributed by atoms with Crippen LogP contribution in [-0.4, -0.2) is 17.2 Å². The van der Waals surface area contributed by atoms with Crippen LogP contribution < -0.4 is 5.19 Å². The Labute approximate surface area is 135 Å². The van der Waals surface area contributed by atoms with Crippen LogP contribution in [0.25, 0.3) is 5.70 Å². The van der Waals surface area contributed by atoms with Gasteiger partial charge in [-0.05, 0) is 12.1 Å². The summed E-state index contributed by atoms with van der Waals surface area (Å²) in [7, 11) is 0.534. The Bertz CT molecular complexity index is 698. The van der Waals surface area contributed by atoms with Gasteiger partial charge in [0.2, 0.25) is 0 Å². The van der Waals surface area contributed by atoms with Crippen molar-refractivity contribution >= 4 is 19.0 Å². The van der Waals surface area contributed by atoms with Crippen molar-refractivity contribution in [2.45, 2.75) is 20.0 Å². The Morgan fingerprint density at radius 2 is 1.90 bits per heavy atom. The first-order valence-corrected chi connectivity index (χ1v) is 9.63. The zero-order chi connectivity index (χ0) is 13.8. The van der Waals surface area contributed by atoms with Crippen LogP contribution in [0.1, 0.15) is 18.1 Å². The molecule has 0 saturated carbocycles. The van der Waals surface area contributed by atoms with Gasteiger partial charge < -0.3 is 0 Å². The second kappa shape index (κ2) is 5.03. The predicted octanol–water partition coefficient (Wildman–Crippen LogP) is 3.03. The van der Waals surface area contributed by atoms with E-state index in [2.05, 4.69) is 80.0 Å². The van der Waals surface area contributed by atoms with Crippen molar-refractivity contribution in [3.63, 3.8) is 0 Å². The monoisotopic (exact) mass is 461 g/mol. The van der Waals surface area contributed by atoms with Gasteiger partial charge in [-0.15, -0.1) is 6.07 Å². The number of rotatable bonds is 1. The smallest absolute Gasteiger partial charge is 0.164 e. The van der Waals surface area contributed by atoms with E-state index >= 15 is 0 Å². The largest absolute Gasteiger partial charge is 0.255 e. The first kappa shape index (κ1) is 15.3. The molecular formula is C16H20IrN2Si. The van der Waals surface area contributed by atoms with Crippen molar-refractivity contribution in [2.24, 2.45) is 7.05 Å². The van der Waals surface area contributed by atoms with E-state index in [0.717, 1.165) is 5.56 Å². The van der Waals surface area contributed by atoms with Gasteiger partial charge in [0, 0.05) is 27.2 Å². The third-order valence-corrected chi connectivity index (χ3v) is 8.26. The summed E-state index contributed by atoms with van der Waals surface area (Å²) in [6, 6.07) is 6.55. The molecule has 1 aliphatic heterocycles. The molecular weight excluding hydrogens is 440 g/mol. The van der Waals surface area contributed by atoms with Gasteiger partial charge in [0.05, 0.1) is 5.70 Å². The maximum Gasteiger partial charge on any atom is 0.164 e. The molecule has 0 atom stereocenters. The van der Waals surface area contributed by atoms with Crippen LogP contribution in [0.4, 0.5) is 0 Å². The molecule has 107 valence electrons. The van der Waals surface area contributed by atoms with Crippen LogP contribution in [0, 0.1) is 6.92 Å². The standard InChI is InChI=1S/C16H20N2Si.Ir/c1-12-7-6-8-14-15(12)16(13(2)19(14,4)5)18-10-9-17(3)11-18;/h6-11H,1H2,2-5H3;. The summed E-state index contributed by atoms with van der Waals surface area (Å²) in [6.07, 6.45) is 6.34. The first-order chi connectivity index (χ1) is 8.93. The summed E-state index contributed by atoms with van der Waals surface area (Å²) in [5.41, 5.74) is 3.84. The normalized spacial score (nSPS) is 16.0. The summed E-state index contributed by atoms with van der Waals surface area (Å²) >= 11 is 0. The summed E-state index contributed by atoms with van der Waals surface area (Å²) in [6.45, 7) is 11.4. The minimum atomic E-state index is -1.52. The second-order valence-electron chi connectivity index (χ2n) is 5.92. The average molecular weight is 461 g/mol. The molecule has 1 aromatic carbocycles.